The van der Waals surface area contributed by atoms with Crippen LogP contribution in [-0.2, 0) is 6.42 Å². The van der Waals surface area contributed by atoms with Crippen LogP contribution in [0.3, 0.4) is 0 Å². The molecule has 1 saturated carbocycles. The number of rotatable bonds is 6. The lowest BCUT2D eigenvalue weighted by Crippen LogP contribution is -2.24. The van der Waals surface area contributed by atoms with Crippen molar-refractivity contribution in [2.24, 2.45) is 0 Å². The van der Waals surface area contributed by atoms with E-state index in [1.54, 1.807) is 0 Å². The van der Waals surface area contributed by atoms with Gasteiger partial charge in [0.15, 0.2) is 0 Å². The Balaban J connectivity index is 1.64. The standard InChI is InChI=1S/C18H25N5/c1-14-13-17(21-16-5-3-4-6-16)22-18(20-14)23(2)12-9-15-7-10-19-11-8-15/h7-8,10-11,13,16H,3-6,9,12H2,1-2H3,(H,20,21,22). The summed E-state index contributed by atoms with van der Waals surface area (Å²) >= 11 is 0. The van der Waals surface area contributed by atoms with Crippen molar-refractivity contribution in [3.05, 3.63) is 41.9 Å². The van der Waals surface area contributed by atoms with Crippen molar-refractivity contribution < 1.29 is 0 Å². The van der Waals surface area contributed by atoms with E-state index in [1.165, 1.54) is 31.2 Å². The molecule has 1 N–H and O–H groups in total. The predicted octanol–water partition coefficient (Wildman–Crippen LogP) is 3.21. The lowest BCUT2D eigenvalue weighted by molar-refractivity contribution is 0.746. The first-order valence-electron chi connectivity index (χ1n) is 8.43. The minimum Gasteiger partial charge on any atom is -0.367 e. The molecule has 5 heteroatoms. The largest absolute Gasteiger partial charge is 0.367 e. The molecule has 0 spiro atoms. The van der Waals surface area contributed by atoms with Gasteiger partial charge in [0.05, 0.1) is 0 Å². The van der Waals surface area contributed by atoms with Crippen molar-refractivity contribution in [2.75, 3.05) is 23.8 Å². The SMILES string of the molecule is Cc1cc(NC2CCCC2)nc(N(C)CCc2ccncc2)n1. The Morgan fingerprint density at radius 3 is 2.65 bits per heavy atom. The molecule has 0 aliphatic heterocycles. The first kappa shape index (κ1) is 15.7. The molecule has 0 unspecified atom stereocenters. The maximum Gasteiger partial charge on any atom is 0.227 e. The Labute approximate surface area is 138 Å². The maximum atomic E-state index is 4.70. The van der Waals surface area contributed by atoms with E-state index in [2.05, 4.69) is 39.4 Å². The number of likely N-dealkylation sites (N-methyl/N-ethyl adjacent to an activating group) is 1. The van der Waals surface area contributed by atoms with Crippen molar-refractivity contribution in [2.45, 2.75) is 45.1 Å². The highest BCUT2D eigenvalue weighted by Gasteiger charge is 2.16. The summed E-state index contributed by atoms with van der Waals surface area (Å²) in [5.41, 5.74) is 2.29. The minimum atomic E-state index is 0.569. The van der Waals surface area contributed by atoms with Crippen molar-refractivity contribution in [3.8, 4) is 0 Å². The van der Waals surface area contributed by atoms with Gasteiger partial charge in [-0.15, -0.1) is 0 Å². The van der Waals surface area contributed by atoms with Gasteiger partial charge in [-0.3, -0.25) is 4.98 Å². The molecule has 0 aromatic carbocycles. The van der Waals surface area contributed by atoms with E-state index < -0.39 is 0 Å². The summed E-state index contributed by atoms with van der Waals surface area (Å²) < 4.78 is 0. The highest BCUT2D eigenvalue weighted by Crippen LogP contribution is 2.22. The van der Waals surface area contributed by atoms with Crippen LogP contribution in [0.25, 0.3) is 0 Å². The van der Waals surface area contributed by atoms with Crippen LogP contribution in [0.15, 0.2) is 30.6 Å². The third-order valence-electron chi connectivity index (χ3n) is 4.38. The van der Waals surface area contributed by atoms with Crippen LogP contribution in [0.1, 0.15) is 36.9 Å². The molecule has 0 atom stereocenters. The second-order valence-corrected chi connectivity index (χ2v) is 6.35. The molecule has 3 rings (SSSR count). The summed E-state index contributed by atoms with van der Waals surface area (Å²) in [6, 6.07) is 6.72. The first-order valence-corrected chi connectivity index (χ1v) is 8.43. The number of anilines is 2. The lowest BCUT2D eigenvalue weighted by atomic mass is 10.2. The number of nitrogens with zero attached hydrogens (tertiary/aromatic N) is 4. The van der Waals surface area contributed by atoms with Gasteiger partial charge in [-0.1, -0.05) is 12.8 Å². The molecule has 1 fully saturated rings. The van der Waals surface area contributed by atoms with Gasteiger partial charge >= 0.3 is 0 Å². The second-order valence-electron chi connectivity index (χ2n) is 6.35. The fourth-order valence-electron chi connectivity index (χ4n) is 3.02. The van der Waals surface area contributed by atoms with Crippen LogP contribution >= 0.6 is 0 Å². The smallest absolute Gasteiger partial charge is 0.227 e. The van der Waals surface area contributed by atoms with Crippen molar-refractivity contribution in [1.82, 2.24) is 15.0 Å². The van der Waals surface area contributed by atoms with Crippen LogP contribution in [0, 0.1) is 6.92 Å². The summed E-state index contributed by atoms with van der Waals surface area (Å²) in [5.74, 6) is 1.75. The van der Waals surface area contributed by atoms with E-state index in [4.69, 9.17) is 4.98 Å². The Bertz CT molecular complexity index is 623. The number of nitrogens with one attached hydrogen (secondary N) is 1. The van der Waals surface area contributed by atoms with Crippen LogP contribution in [0.4, 0.5) is 11.8 Å². The Morgan fingerprint density at radius 1 is 1.17 bits per heavy atom. The Hall–Kier alpha value is -2.17. The van der Waals surface area contributed by atoms with Crippen LogP contribution in [0.2, 0.25) is 0 Å². The van der Waals surface area contributed by atoms with Gasteiger partial charge < -0.3 is 10.2 Å². The van der Waals surface area contributed by atoms with Crippen molar-refractivity contribution in [3.63, 3.8) is 0 Å². The van der Waals surface area contributed by atoms with Crippen molar-refractivity contribution in [1.29, 1.82) is 0 Å². The highest BCUT2D eigenvalue weighted by molar-refractivity contribution is 5.44. The zero-order valence-corrected chi connectivity index (χ0v) is 14.0. The summed E-state index contributed by atoms with van der Waals surface area (Å²) in [7, 11) is 2.05. The zero-order valence-electron chi connectivity index (χ0n) is 14.0. The van der Waals surface area contributed by atoms with Gasteiger partial charge in [0.25, 0.3) is 0 Å². The fourth-order valence-corrected chi connectivity index (χ4v) is 3.02. The normalized spacial score (nSPS) is 14.9. The van der Waals surface area contributed by atoms with Gasteiger partial charge in [-0.05, 0) is 43.9 Å². The molecule has 2 aromatic rings. The molecular weight excluding hydrogens is 286 g/mol. The topological polar surface area (TPSA) is 53.9 Å². The Kier molecular flexibility index (Phi) is 5.05. The molecule has 0 bridgehead atoms. The van der Waals surface area contributed by atoms with Crippen LogP contribution < -0.4 is 10.2 Å². The second kappa shape index (κ2) is 7.40. The molecule has 0 amide bonds. The fraction of sp³-hybridized carbons (Fsp3) is 0.500. The Morgan fingerprint density at radius 2 is 1.91 bits per heavy atom. The average Bonchev–Trinajstić information content (AvgIpc) is 3.06. The number of hydrogen-bond donors (Lipinski definition) is 1. The average molecular weight is 311 g/mol. The number of aryl methyl sites for hydroxylation is 1. The van der Waals surface area contributed by atoms with E-state index in [0.29, 0.717) is 6.04 Å². The molecule has 0 saturated heterocycles. The highest BCUT2D eigenvalue weighted by atomic mass is 15.2. The summed E-state index contributed by atoms with van der Waals surface area (Å²) in [4.78, 5) is 15.5. The molecule has 2 aromatic heterocycles. The molecule has 23 heavy (non-hydrogen) atoms. The number of hydrogen-bond acceptors (Lipinski definition) is 5. The van der Waals surface area contributed by atoms with E-state index in [0.717, 1.165) is 30.4 Å². The first-order chi connectivity index (χ1) is 11.2. The minimum absolute atomic E-state index is 0.569. The summed E-state index contributed by atoms with van der Waals surface area (Å²) in [6.45, 7) is 2.91. The third kappa shape index (κ3) is 4.41. The molecule has 2 heterocycles. The quantitative estimate of drug-likeness (QED) is 0.888. The van der Waals surface area contributed by atoms with Gasteiger partial charge in [0, 0.05) is 43.8 Å². The third-order valence-corrected chi connectivity index (χ3v) is 4.38. The van der Waals surface area contributed by atoms with Gasteiger partial charge in [-0.25, -0.2) is 4.98 Å². The van der Waals surface area contributed by atoms with Crippen molar-refractivity contribution >= 4 is 11.8 Å². The van der Waals surface area contributed by atoms with E-state index in [-0.39, 0.29) is 0 Å². The molecule has 0 radical (unpaired) electrons. The molecule has 122 valence electrons. The van der Waals surface area contributed by atoms with Gasteiger partial charge in [0.1, 0.15) is 5.82 Å². The summed E-state index contributed by atoms with van der Waals surface area (Å²) in [5, 5.41) is 3.56. The molecule has 1 aliphatic carbocycles. The van der Waals surface area contributed by atoms with E-state index in [9.17, 15) is 0 Å². The number of pyridine rings is 1. The number of aromatic nitrogens is 3. The molecule has 1 aliphatic rings. The van der Waals surface area contributed by atoms with E-state index in [1.807, 2.05) is 25.4 Å². The zero-order chi connectivity index (χ0) is 16.1. The van der Waals surface area contributed by atoms with Crippen LogP contribution in [-0.4, -0.2) is 34.6 Å². The summed E-state index contributed by atoms with van der Waals surface area (Å²) in [6.07, 6.45) is 9.76. The van der Waals surface area contributed by atoms with E-state index >= 15 is 0 Å². The van der Waals surface area contributed by atoms with Gasteiger partial charge in [0.2, 0.25) is 5.95 Å². The van der Waals surface area contributed by atoms with Crippen LogP contribution in [0.5, 0.6) is 0 Å². The molecule has 5 nitrogen and oxygen atoms in total. The monoisotopic (exact) mass is 311 g/mol. The molecular formula is C18H25N5. The lowest BCUT2D eigenvalue weighted by Gasteiger charge is -2.20. The maximum absolute atomic E-state index is 4.70. The van der Waals surface area contributed by atoms with Gasteiger partial charge in [-0.2, -0.15) is 4.98 Å². The predicted molar refractivity (Wildman–Crippen MR) is 93.9 cm³/mol.